The molecule has 0 unspecified atom stereocenters. The molecule has 19 valence electrons. The zero-order chi connectivity index (χ0) is 0. The van der Waals surface area contributed by atoms with Crippen LogP contribution in [0.1, 0.15) is 2.85 Å². The summed E-state index contributed by atoms with van der Waals surface area (Å²) in [6, 6.07) is 0. The van der Waals surface area contributed by atoms with E-state index in [0.29, 0.717) is 0 Å². The molecule has 1 radical (unpaired) electrons. The number of hydrogen-bond acceptors (Lipinski definition) is 0. The molecule has 0 aromatic carbocycles. The zero-order valence-electron chi connectivity index (χ0n) is 4.88. The molecule has 2 N–H and O–H groups in total. The first kappa shape index (κ1) is 36.3. The SMILES string of the molecule is O.[H-].[H-].[Li+].[Mn].[Na+]. The first-order valence-corrected chi connectivity index (χ1v) is 0. The van der Waals surface area contributed by atoms with Gasteiger partial charge in [0.05, 0.1) is 0 Å². The molecular formula is H4LiMnNaO. The smallest absolute Gasteiger partial charge is 1.00 e. The van der Waals surface area contributed by atoms with E-state index in [1.165, 1.54) is 0 Å². The molecule has 4 heavy (non-hydrogen) atoms. The second-order valence-electron chi connectivity index (χ2n) is 0. The van der Waals surface area contributed by atoms with Crippen molar-refractivity contribution in [1.82, 2.24) is 0 Å². The van der Waals surface area contributed by atoms with E-state index in [9.17, 15) is 0 Å². The molecule has 4 heteroatoms. The van der Waals surface area contributed by atoms with Crippen molar-refractivity contribution in [1.29, 1.82) is 0 Å². The molecule has 0 spiro atoms. The fraction of sp³-hybridized carbons (Fsp3) is 0. The van der Waals surface area contributed by atoms with E-state index in [0.717, 1.165) is 0 Å². The van der Waals surface area contributed by atoms with E-state index in [1.807, 2.05) is 0 Å². The van der Waals surface area contributed by atoms with Gasteiger partial charge in [0.1, 0.15) is 0 Å². The van der Waals surface area contributed by atoms with Crippen LogP contribution >= 0.6 is 0 Å². The third kappa shape index (κ3) is 8.95. The first-order valence-electron chi connectivity index (χ1n) is 0. The summed E-state index contributed by atoms with van der Waals surface area (Å²) < 4.78 is 0. The molecule has 0 heterocycles. The van der Waals surface area contributed by atoms with E-state index in [1.54, 1.807) is 0 Å². The molecule has 0 aromatic heterocycles. The Balaban J connectivity index is 0. The molecule has 0 aliphatic heterocycles. The quantitative estimate of drug-likeness (QED) is 0.274. The minimum absolute atomic E-state index is 0. The van der Waals surface area contributed by atoms with Crippen molar-refractivity contribution in [3.63, 3.8) is 0 Å². The van der Waals surface area contributed by atoms with Gasteiger partial charge in [-0.2, -0.15) is 0 Å². The third-order valence-electron chi connectivity index (χ3n) is 0. The van der Waals surface area contributed by atoms with Crippen LogP contribution in [-0.4, -0.2) is 5.48 Å². The van der Waals surface area contributed by atoms with E-state index in [2.05, 4.69) is 0 Å². The Hall–Kier alpha value is 2.08. The first-order chi connectivity index (χ1) is 0. The van der Waals surface area contributed by atoms with E-state index in [4.69, 9.17) is 0 Å². The summed E-state index contributed by atoms with van der Waals surface area (Å²) in [5.74, 6) is 0. The van der Waals surface area contributed by atoms with Crippen LogP contribution in [0.3, 0.4) is 0 Å². The Bertz CT molecular complexity index is 13.5. The van der Waals surface area contributed by atoms with Crippen molar-refractivity contribution in [3.8, 4) is 0 Å². The molecule has 0 saturated carbocycles. The van der Waals surface area contributed by atoms with Gasteiger partial charge in [-0.25, -0.2) is 0 Å². The summed E-state index contributed by atoms with van der Waals surface area (Å²) in [6.07, 6.45) is 0. The molecule has 0 aliphatic carbocycles. The van der Waals surface area contributed by atoms with Crippen LogP contribution in [0.4, 0.5) is 0 Å². The van der Waals surface area contributed by atoms with Crippen LogP contribution in [0.2, 0.25) is 0 Å². The van der Waals surface area contributed by atoms with E-state index < -0.39 is 0 Å². The summed E-state index contributed by atoms with van der Waals surface area (Å²) in [5.41, 5.74) is 0. The molecule has 0 aromatic rings. The number of hydrogen-bond donors (Lipinski definition) is 0. The second-order valence-corrected chi connectivity index (χ2v) is 0. The Kier molecular flexibility index (Phi) is 178. The zero-order valence-corrected chi connectivity index (χ0v) is 6.06. The Morgan fingerprint density at radius 2 is 1.25 bits per heavy atom. The van der Waals surface area contributed by atoms with Gasteiger partial charge in [-0.3, -0.25) is 0 Å². The molecular weight excluding hydrogens is 101 g/mol. The molecule has 0 rings (SSSR count). The van der Waals surface area contributed by atoms with Gasteiger partial charge >= 0.3 is 48.4 Å². The molecule has 0 saturated heterocycles. The topological polar surface area (TPSA) is 31.5 Å². The van der Waals surface area contributed by atoms with Crippen LogP contribution in [0, 0.1) is 0 Å². The summed E-state index contributed by atoms with van der Waals surface area (Å²) in [5, 5.41) is 0. The molecule has 0 aliphatic rings. The third-order valence-corrected chi connectivity index (χ3v) is 0. The van der Waals surface area contributed by atoms with Gasteiger partial charge in [0.25, 0.3) is 0 Å². The maximum atomic E-state index is 0. The molecule has 0 amide bonds. The normalized spacial score (nSPS) is 0. The maximum absolute atomic E-state index is 0. The maximum Gasteiger partial charge on any atom is 1.00 e. The minimum Gasteiger partial charge on any atom is -1.00 e. The van der Waals surface area contributed by atoms with Crippen molar-refractivity contribution in [2.24, 2.45) is 0 Å². The van der Waals surface area contributed by atoms with Crippen LogP contribution in [0.15, 0.2) is 0 Å². The molecule has 1 nitrogen and oxygen atoms in total. The summed E-state index contributed by atoms with van der Waals surface area (Å²) in [6.45, 7) is 0. The van der Waals surface area contributed by atoms with Crippen molar-refractivity contribution >= 4 is 0 Å². The summed E-state index contributed by atoms with van der Waals surface area (Å²) in [7, 11) is 0. The van der Waals surface area contributed by atoms with Gasteiger partial charge in [0.15, 0.2) is 0 Å². The van der Waals surface area contributed by atoms with Crippen molar-refractivity contribution in [2.45, 2.75) is 0 Å². The second kappa shape index (κ2) is 19.6. The summed E-state index contributed by atoms with van der Waals surface area (Å²) >= 11 is 0. The van der Waals surface area contributed by atoms with Crippen molar-refractivity contribution < 1.29 is 73.8 Å². The number of rotatable bonds is 0. The van der Waals surface area contributed by atoms with Gasteiger partial charge < -0.3 is 8.33 Å². The van der Waals surface area contributed by atoms with Gasteiger partial charge in [-0.05, 0) is 0 Å². The fourth-order valence-electron chi connectivity index (χ4n) is 0. The predicted molar refractivity (Wildman–Crippen MR) is 5.84 cm³/mol. The van der Waals surface area contributed by atoms with Gasteiger partial charge in [0, 0.05) is 17.1 Å². The average molecular weight is 105 g/mol. The van der Waals surface area contributed by atoms with Gasteiger partial charge in [0.2, 0.25) is 0 Å². The van der Waals surface area contributed by atoms with Crippen LogP contribution in [-0.2, 0) is 17.1 Å². The Morgan fingerprint density at radius 1 is 1.25 bits per heavy atom. The Labute approximate surface area is 73.1 Å². The van der Waals surface area contributed by atoms with E-state index in [-0.39, 0.29) is 73.8 Å². The van der Waals surface area contributed by atoms with Crippen molar-refractivity contribution in [3.05, 3.63) is 0 Å². The van der Waals surface area contributed by atoms with Crippen molar-refractivity contribution in [2.75, 3.05) is 0 Å². The van der Waals surface area contributed by atoms with Gasteiger partial charge in [-0.1, -0.05) is 0 Å². The summed E-state index contributed by atoms with van der Waals surface area (Å²) in [4.78, 5) is 0. The van der Waals surface area contributed by atoms with Crippen LogP contribution in [0.25, 0.3) is 0 Å². The monoisotopic (exact) mass is 105 g/mol. The Morgan fingerprint density at radius 3 is 1.25 bits per heavy atom. The molecule has 0 atom stereocenters. The standard InChI is InChI=1S/Li.Mn.Na.H2O.2H/h;;;1H2;;/q+1;;+1;;2*-1. The van der Waals surface area contributed by atoms with Crippen LogP contribution < -0.4 is 48.4 Å². The predicted octanol–water partition coefficient (Wildman–Crippen LogP) is -6.59. The van der Waals surface area contributed by atoms with Crippen LogP contribution in [0.5, 0.6) is 0 Å². The van der Waals surface area contributed by atoms with E-state index >= 15 is 0 Å². The fourth-order valence-corrected chi connectivity index (χ4v) is 0. The minimum atomic E-state index is 0. The van der Waals surface area contributed by atoms with Gasteiger partial charge in [-0.15, -0.1) is 0 Å². The molecule has 0 fully saturated rings. The largest absolute Gasteiger partial charge is 1.00 e. The average Bonchev–Trinajstić information content (AvgIpc) is 0. The molecule has 0 bridgehead atoms.